The molecule has 0 radical (unpaired) electrons. The fourth-order valence-corrected chi connectivity index (χ4v) is 2.80. The normalized spacial score (nSPS) is 22.2. The molecule has 2 amide bonds. The maximum absolute atomic E-state index is 11.2. The Balaban J connectivity index is 2.16. The first-order valence-electron chi connectivity index (χ1n) is 3.93. The molecule has 1 N–H and O–H groups in total. The predicted molar refractivity (Wildman–Crippen MR) is 55.9 cm³/mol. The highest BCUT2D eigenvalue weighted by molar-refractivity contribution is 9.11. The average molecular weight is 261 g/mol. The zero-order valence-corrected chi connectivity index (χ0v) is 9.48. The summed E-state index contributed by atoms with van der Waals surface area (Å²) in [5.41, 5.74) is 0. The molecule has 0 bridgehead atoms. The summed E-state index contributed by atoms with van der Waals surface area (Å²) >= 11 is 5.07. The Bertz CT molecular complexity index is 339. The van der Waals surface area contributed by atoms with Gasteiger partial charge in [-0.05, 0) is 28.1 Å². The number of hydrogen-bond acceptors (Lipinski definition) is 2. The Hall–Kier alpha value is -0.550. The number of likely N-dealkylation sites (N-methyl/N-ethyl adjacent to an activating group) is 1. The van der Waals surface area contributed by atoms with E-state index in [2.05, 4.69) is 21.2 Å². The Morgan fingerprint density at radius 3 is 2.92 bits per heavy atom. The molecule has 1 fully saturated rings. The van der Waals surface area contributed by atoms with Crippen molar-refractivity contribution in [3.8, 4) is 0 Å². The van der Waals surface area contributed by atoms with E-state index < -0.39 is 0 Å². The molecule has 1 saturated heterocycles. The monoisotopic (exact) mass is 260 g/mol. The SMILES string of the molecule is CN1CC(c2ccc(Br)s2)NC1=O. The van der Waals surface area contributed by atoms with Gasteiger partial charge in [-0.15, -0.1) is 11.3 Å². The Morgan fingerprint density at radius 2 is 2.46 bits per heavy atom. The van der Waals surface area contributed by atoms with Crippen LogP contribution >= 0.6 is 27.3 Å². The Kier molecular flexibility index (Phi) is 2.29. The van der Waals surface area contributed by atoms with Crippen LogP contribution in [-0.2, 0) is 0 Å². The van der Waals surface area contributed by atoms with E-state index in [1.807, 2.05) is 12.1 Å². The number of halogens is 1. The number of carbonyl (C=O) groups is 1. The van der Waals surface area contributed by atoms with Crippen molar-refractivity contribution in [1.29, 1.82) is 0 Å². The van der Waals surface area contributed by atoms with Crippen molar-refractivity contribution in [3.63, 3.8) is 0 Å². The first kappa shape index (κ1) is 9.02. The summed E-state index contributed by atoms with van der Waals surface area (Å²) < 4.78 is 1.10. The standard InChI is InChI=1S/C8H9BrN2OS/c1-11-4-5(10-8(11)12)6-2-3-7(9)13-6/h2-3,5H,4H2,1H3,(H,10,12). The summed E-state index contributed by atoms with van der Waals surface area (Å²) in [5.74, 6) is 0. The summed E-state index contributed by atoms with van der Waals surface area (Å²) in [7, 11) is 1.80. The number of thiophene rings is 1. The molecule has 0 spiro atoms. The largest absolute Gasteiger partial charge is 0.329 e. The fourth-order valence-electron chi connectivity index (χ4n) is 1.34. The van der Waals surface area contributed by atoms with E-state index >= 15 is 0 Å². The van der Waals surface area contributed by atoms with Crippen LogP contribution in [0.2, 0.25) is 0 Å². The van der Waals surface area contributed by atoms with Gasteiger partial charge >= 0.3 is 6.03 Å². The minimum absolute atomic E-state index is 0.00882. The smallest absolute Gasteiger partial charge is 0.317 e. The predicted octanol–water partition coefficient (Wildman–Crippen LogP) is 2.21. The number of amides is 2. The van der Waals surface area contributed by atoms with Crippen LogP contribution in [0, 0.1) is 0 Å². The summed E-state index contributed by atoms with van der Waals surface area (Å²) in [6.07, 6.45) is 0. The number of rotatable bonds is 1. The molecule has 1 aliphatic rings. The van der Waals surface area contributed by atoms with Gasteiger partial charge in [-0.25, -0.2) is 4.79 Å². The van der Waals surface area contributed by atoms with E-state index in [0.29, 0.717) is 0 Å². The van der Waals surface area contributed by atoms with Gasteiger partial charge in [0.2, 0.25) is 0 Å². The molecule has 0 saturated carbocycles. The number of nitrogens with zero attached hydrogens (tertiary/aromatic N) is 1. The van der Waals surface area contributed by atoms with Gasteiger partial charge in [0.15, 0.2) is 0 Å². The highest BCUT2D eigenvalue weighted by Crippen LogP contribution is 2.29. The molecule has 1 aliphatic heterocycles. The van der Waals surface area contributed by atoms with Crippen LogP contribution < -0.4 is 5.32 Å². The summed E-state index contributed by atoms with van der Waals surface area (Å²) in [6, 6.07) is 4.21. The lowest BCUT2D eigenvalue weighted by Crippen LogP contribution is -2.23. The Morgan fingerprint density at radius 1 is 1.69 bits per heavy atom. The molecular formula is C8H9BrN2OS. The number of nitrogens with one attached hydrogen (secondary N) is 1. The van der Waals surface area contributed by atoms with E-state index in [1.54, 1.807) is 23.3 Å². The molecule has 0 aromatic carbocycles. The lowest BCUT2D eigenvalue weighted by atomic mass is 10.2. The number of hydrogen-bond donors (Lipinski definition) is 1. The highest BCUT2D eigenvalue weighted by Gasteiger charge is 2.27. The quantitative estimate of drug-likeness (QED) is 0.825. The molecule has 13 heavy (non-hydrogen) atoms. The van der Waals surface area contributed by atoms with Crippen molar-refractivity contribution >= 4 is 33.3 Å². The minimum Gasteiger partial charge on any atom is -0.329 e. The average Bonchev–Trinajstić information content (AvgIpc) is 2.61. The zero-order valence-electron chi connectivity index (χ0n) is 7.08. The summed E-state index contributed by atoms with van der Waals surface area (Å²) in [4.78, 5) is 14.1. The van der Waals surface area contributed by atoms with E-state index in [1.165, 1.54) is 4.88 Å². The second kappa shape index (κ2) is 3.31. The molecule has 1 atom stereocenters. The number of urea groups is 1. The van der Waals surface area contributed by atoms with Gasteiger partial charge in [0.05, 0.1) is 9.83 Å². The van der Waals surface area contributed by atoms with Crippen LogP contribution in [0.3, 0.4) is 0 Å². The third-order valence-electron chi connectivity index (χ3n) is 2.04. The van der Waals surface area contributed by atoms with E-state index in [-0.39, 0.29) is 12.1 Å². The first-order valence-corrected chi connectivity index (χ1v) is 5.54. The van der Waals surface area contributed by atoms with Gasteiger partial charge in [0, 0.05) is 18.5 Å². The second-order valence-electron chi connectivity index (χ2n) is 3.02. The maximum atomic E-state index is 11.2. The van der Waals surface area contributed by atoms with Crippen LogP contribution in [0.1, 0.15) is 10.9 Å². The van der Waals surface area contributed by atoms with Crippen molar-refractivity contribution in [2.24, 2.45) is 0 Å². The van der Waals surface area contributed by atoms with Crippen LogP contribution in [0.15, 0.2) is 15.9 Å². The number of carbonyl (C=O) groups excluding carboxylic acids is 1. The third kappa shape index (κ3) is 1.71. The lowest BCUT2D eigenvalue weighted by Gasteiger charge is -2.05. The molecule has 1 unspecified atom stereocenters. The van der Waals surface area contributed by atoms with E-state index in [4.69, 9.17) is 0 Å². The highest BCUT2D eigenvalue weighted by atomic mass is 79.9. The minimum atomic E-state index is 0.00882. The molecule has 1 aromatic rings. The van der Waals surface area contributed by atoms with Gasteiger partial charge in [-0.2, -0.15) is 0 Å². The van der Waals surface area contributed by atoms with Crippen molar-refractivity contribution in [1.82, 2.24) is 10.2 Å². The topological polar surface area (TPSA) is 32.3 Å². The molecule has 1 aromatic heterocycles. The Labute approximate surface area is 88.9 Å². The second-order valence-corrected chi connectivity index (χ2v) is 5.52. The van der Waals surface area contributed by atoms with Gasteiger partial charge in [-0.3, -0.25) is 0 Å². The molecular weight excluding hydrogens is 252 g/mol. The van der Waals surface area contributed by atoms with Crippen molar-refractivity contribution in [2.75, 3.05) is 13.6 Å². The van der Waals surface area contributed by atoms with E-state index in [0.717, 1.165) is 10.3 Å². The third-order valence-corrected chi connectivity index (χ3v) is 3.78. The molecule has 70 valence electrons. The molecule has 5 heteroatoms. The summed E-state index contributed by atoms with van der Waals surface area (Å²) in [6.45, 7) is 0.756. The fraction of sp³-hybridized carbons (Fsp3) is 0.375. The van der Waals surface area contributed by atoms with Gasteiger partial charge < -0.3 is 10.2 Å². The summed E-state index contributed by atoms with van der Waals surface area (Å²) in [5, 5.41) is 2.91. The van der Waals surface area contributed by atoms with Gasteiger partial charge in [0.25, 0.3) is 0 Å². The van der Waals surface area contributed by atoms with E-state index in [9.17, 15) is 4.79 Å². The van der Waals surface area contributed by atoms with Crippen molar-refractivity contribution in [2.45, 2.75) is 6.04 Å². The van der Waals surface area contributed by atoms with Crippen LogP contribution in [0.25, 0.3) is 0 Å². The van der Waals surface area contributed by atoms with Crippen LogP contribution in [0.5, 0.6) is 0 Å². The zero-order chi connectivity index (χ0) is 9.42. The maximum Gasteiger partial charge on any atom is 0.317 e. The van der Waals surface area contributed by atoms with Crippen LogP contribution in [0.4, 0.5) is 4.79 Å². The van der Waals surface area contributed by atoms with Crippen molar-refractivity contribution < 1.29 is 4.79 Å². The lowest BCUT2D eigenvalue weighted by molar-refractivity contribution is 0.226. The van der Waals surface area contributed by atoms with Crippen molar-refractivity contribution in [3.05, 3.63) is 20.8 Å². The molecule has 2 heterocycles. The first-order chi connectivity index (χ1) is 6.16. The molecule has 2 rings (SSSR count). The van der Waals surface area contributed by atoms with Gasteiger partial charge in [-0.1, -0.05) is 0 Å². The molecule has 3 nitrogen and oxygen atoms in total. The van der Waals surface area contributed by atoms with Gasteiger partial charge in [0.1, 0.15) is 0 Å². The molecule has 0 aliphatic carbocycles. The van der Waals surface area contributed by atoms with Crippen LogP contribution in [-0.4, -0.2) is 24.5 Å².